The summed E-state index contributed by atoms with van der Waals surface area (Å²) in [6, 6.07) is 4.03. The van der Waals surface area contributed by atoms with Gasteiger partial charge in [0.25, 0.3) is 0 Å². The highest BCUT2D eigenvalue weighted by Gasteiger charge is 2.42. The first kappa shape index (κ1) is 27.8. The number of amidine groups is 1. The molecular formula is C24H25ClF3N7O2S2. The van der Waals surface area contributed by atoms with Crippen LogP contribution in [0.4, 0.5) is 13.2 Å². The minimum Gasteiger partial charge on any atom is -0.326 e. The summed E-state index contributed by atoms with van der Waals surface area (Å²) in [5.41, 5.74) is 1.83. The minimum absolute atomic E-state index is 0.0809. The van der Waals surface area contributed by atoms with Crippen LogP contribution in [0.5, 0.6) is 0 Å². The molecule has 1 saturated heterocycles. The van der Waals surface area contributed by atoms with Gasteiger partial charge in [0.1, 0.15) is 11.9 Å². The van der Waals surface area contributed by atoms with Crippen molar-refractivity contribution in [2.45, 2.75) is 25.1 Å². The fourth-order valence-electron chi connectivity index (χ4n) is 4.65. The van der Waals surface area contributed by atoms with E-state index >= 15 is 0 Å². The van der Waals surface area contributed by atoms with E-state index in [-0.39, 0.29) is 29.4 Å². The van der Waals surface area contributed by atoms with Crippen LogP contribution in [-0.2, 0) is 10.0 Å². The number of aromatic nitrogens is 3. The van der Waals surface area contributed by atoms with Gasteiger partial charge in [0.15, 0.2) is 10.8 Å². The Morgan fingerprint density at radius 1 is 1.28 bits per heavy atom. The van der Waals surface area contributed by atoms with Crippen molar-refractivity contribution < 1.29 is 21.6 Å². The SMILES string of the molecule is CN(C)CCS(=O)(=O)N[C@H]1CC2=C(c3ccn(C(F)F)n3)[C@H](c3ccc(F)cc3Cl)N=C(c3nccs3)N2C1. The van der Waals surface area contributed by atoms with E-state index in [1.807, 2.05) is 4.90 Å². The lowest BCUT2D eigenvalue weighted by molar-refractivity contribution is 0.0564. The molecule has 2 atom stereocenters. The maximum atomic E-state index is 13.9. The van der Waals surface area contributed by atoms with Crippen LogP contribution in [0.25, 0.3) is 5.57 Å². The molecule has 1 fully saturated rings. The third-order valence-corrected chi connectivity index (χ3v) is 8.89. The summed E-state index contributed by atoms with van der Waals surface area (Å²) in [5, 5.41) is 6.58. The highest BCUT2D eigenvalue weighted by Crippen LogP contribution is 2.46. The standard InChI is InChI=1S/C24H25ClF3N7O2S2/c1-33(2)8-10-39(36,37)32-15-12-19-20(18-5-7-35(31-18)24(27)28)21(16-4-3-14(26)11-17(16)25)30-22(34(19)13-15)23-29-6-9-38-23/h3-7,9,11,15,21,24,32H,8,10,12-13H2,1-2H3/t15-,21-/m0/s1. The first-order valence-corrected chi connectivity index (χ1v) is 14.8. The fraction of sp³-hybridized carbons (Fsp3) is 0.375. The average Bonchev–Trinajstić information content (AvgIpc) is 3.62. The lowest BCUT2D eigenvalue weighted by atomic mass is 9.92. The zero-order valence-electron chi connectivity index (χ0n) is 20.9. The lowest BCUT2D eigenvalue weighted by Crippen LogP contribution is -2.41. The monoisotopic (exact) mass is 599 g/mol. The molecular weight excluding hydrogens is 575 g/mol. The van der Waals surface area contributed by atoms with Crippen LogP contribution in [0.1, 0.15) is 35.3 Å². The van der Waals surface area contributed by atoms with E-state index in [2.05, 4.69) is 14.8 Å². The Hall–Kier alpha value is -2.78. The molecule has 1 aromatic carbocycles. The van der Waals surface area contributed by atoms with E-state index in [9.17, 15) is 21.6 Å². The maximum Gasteiger partial charge on any atom is 0.333 e. The van der Waals surface area contributed by atoms with Gasteiger partial charge in [0.2, 0.25) is 10.0 Å². The molecule has 2 aromatic heterocycles. The topological polar surface area (TPSA) is 95.7 Å². The summed E-state index contributed by atoms with van der Waals surface area (Å²) in [4.78, 5) is 13.0. The number of hydrogen-bond acceptors (Lipinski definition) is 8. The van der Waals surface area contributed by atoms with Gasteiger partial charge in [-0.2, -0.15) is 13.9 Å². The van der Waals surface area contributed by atoms with Crippen molar-refractivity contribution in [2.75, 3.05) is 32.9 Å². The van der Waals surface area contributed by atoms with Gasteiger partial charge < -0.3 is 9.80 Å². The quantitative estimate of drug-likeness (QED) is 0.400. The van der Waals surface area contributed by atoms with Gasteiger partial charge in [-0.25, -0.2) is 27.2 Å². The van der Waals surface area contributed by atoms with E-state index in [0.29, 0.717) is 38.9 Å². The summed E-state index contributed by atoms with van der Waals surface area (Å²) in [5.74, 6) is -0.130. The van der Waals surface area contributed by atoms with E-state index in [4.69, 9.17) is 16.6 Å². The van der Waals surface area contributed by atoms with Crippen molar-refractivity contribution in [3.63, 3.8) is 0 Å². The van der Waals surface area contributed by atoms with Gasteiger partial charge in [-0.3, -0.25) is 4.99 Å². The molecule has 15 heteroatoms. The number of alkyl halides is 2. The second-order valence-electron chi connectivity index (χ2n) is 9.43. The van der Waals surface area contributed by atoms with Crippen LogP contribution >= 0.6 is 22.9 Å². The third kappa shape index (κ3) is 5.89. The van der Waals surface area contributed by atoms with Crippen LogP contribution in [0, 0.1) is 5.82 Å². The zero-order valence-corrected chi connectivity index (χ0v) is 23.3. The van der Waals surface area contributed by atoms with Gasteiger partial charge in [0.05, 0.1) is 11.4 Å². The van der Waals surface area contributed by atoms with E-state index in [1.54, 1.807) is 30.6 Å². The van der Waals surface area contributed by atoms with Crippen molar-refractivity contribution in [1.82, 2.24) is 29.3 Å². The Bertz CT molecular complexity index is 1520. The normalized spacial score (nSPS) is 19.8. The van der Waals surface area contributed by atoms with Gasteiger partial charge >= 0.3 is 6.55 Å². The smallest absolute Gasteiger partial charge is 0.326 e. The molecule has 5 rings (SSSR count). The molecule has 4 heterocycles. The highest BCUT2D eigenvalue weighted by molar-refractivity contribution is 7.89. The largest absolute Gasteiger partial charge is 0.333 e. The van der Waals surface area contributed by atoms with Crippen LogP contribution in [-0.4, -0.2) is 77.8 Å². The van der Waals surface area contributed by atoms with Crippen LogP contribution in [0.3, 0.4) is 0 Å². The first-order chi connectivity index (χ1) is 18.5. The molecule has 0 radical (unpaired) electrons. The number of rotatable bonds is 9. The molecule has 2 aliphatic heterocycles. The molecule has 3 aromatic rings. The lowest BCUT2D eigenvalue weighted by Gasteiger charge is -2.32. The number of sulfonamides is 1. The maximum absolute atomic E-state index is 13.9. The van der Waals surface area contributed by atoms with Crippen LogP contribution in [0.2, 0.25) is 5.02 Å². The number of thiazole rings is 1. The van der Waals surface area contributed by atoms with Crippen LogP contribution in [0.15, 0.2) is 52.7 Å². The molecule has 1 N–H and O–H groups in total. The summed E-state index contributed by atoms with van der Waals surface area (Å²) < 4.78 is 69.9. The Morgan fingerprint density at radius 3 is 2.72 bits per heavy atom. The van der Waals surface area contributed by atoms with Gasteiger partial charge in [-0.05, 0) is 32.3 Å². The molecule has 9 nitrogen and oxygen atoms in total. The van der Waals surface area contributed by atoms with Crippen molar-refractivity contribution >= 4 is 44.4 Å². The van der Waals surface area contributed by atoms with Gasteiger partial charge in [-0.1, -0.05) is 17.7 Å². The summed E-state index contributed by atoms with van der Waals surface area (Å²) >= 11 is 7.81. The number of halogens is 4. The van der Waals surface area contributed by atoms with Crippen LogP contribution < -0.4 is 4.72 Å². The molecule has 0 aliphatic carbocycles. The molecule has 39 heavy (non-hydrogen) atoms. The van der Waals surface area contributed by atoms with Gasteiger partial charge in [0, 0.05) is 65.2 Å². The van der Waals surface area contributed by atoms with Gasteiger partial charge in [-0.15, -0.1) is 11.3 Å². The summed E-state index contributed by atoms with van der Waals surface area (Å²) in [7, 11) is -0.0359. The van der Waals surface area contributed by atoms with Crippen molar-refractivity contribution in [2.24, 2.45) is 4.99 Å². The van der Waals surface area contributed by atoms with Crippen molar-refractivity contribution in [1.29, 1.82) is 0 Å². The number of benzene rings is 1. The Kier molecular flexibility index (Phi) is 7.84. The van der Waals surface area contributed by atoms with Crippen molar-refractivity contribution in [3.05, 3.63) is 74.8 Å². The number of nitrogens with zero attached hydrogens (tertiary/aromatic N) is 6. The Labute approximate surface area is 232 Å². The molecule has 208 valence electrons. The number of aliphatic imine (C=N–C) groups is 1. The molecule has 0 saturated carbocycles. The zero-order chi connectivity index (χ0) is 27.9. The number of nitrogens with one attached hydrogen (secondary N) is 1. The predicted molar refractivity (Wildman–Crippen MR) is 144 cm³/mol. The first-order valence-electron chi connectivity index (χ1n) is 11.9. The second-order valence-corrected chi connectivity index (χ2v) is 12.6. The number of fused-ring (bicyclic) bond motifs is 1. The third-order valence-electron chi connectivity index (χ3n) is 6.38. The molecule has 0 spiro atoms. The average molecular weight is 600 g/mol. The Balaban J connectivity index is 1.63. The fourth-order valence-corrected chi connectivity index (χ4v) is 6.95. The predicted octanol–water partition coefficient (Wildman–Crippen LogP) is 4.00. The van der Waals surface area contributed by atoms with E-state index < -0.39 is 34.5 Å². The molecule has 0 unspecified atom stereocenters. The minimum atomic E-state index is -3.62. The highest BCUT2D eigenvalue weighted by atomic mass is 35.5. The van der Waals surface area contributed by atoms with E-state index in [1.165, 1.54) is 29.5 Å². The summed E-state index contributed by atoms with van der Waals surface area (Å²) in [6.45, 7) is -2.26. The molecule has 2 aliphatic rings. The second kappa shape index (κ2) is 11.0. The molecule has 0 bridgehead atoms. The van der Waals surface area contributed by atoms with Crippen molar-refractivity contribution in [3.8, 4) is 0 Å². The summed E-state index contributed by atoms with van der Waals surface area (Å²) in [6.07, 6.45) is 3.04. The molecule has 0 amide bonds. The Morgan fingerprint density at radius 2 is 2.08 bits per heavy atom. The number of hydrogen-bond donors (Lipinski definition) is 1. The van der Waals surface area contributed by atoms with E-state index in [0.717, 1.165) is 12.3 Å².